The van der Waals surface area contributed by atoms with E-state index in [9.17, 15) is 13.6 Å². The monoisotopic (exact) mass is 437 g/mol. The Hall–Kier alpha value is -3.19. The van der Waals surface area contributed by atoms with E-state index in [-0.39, 0.29) is 17.5 Å². The number of hydrogen-bond donors (Lipinski definition) is 0. The molecule has 0 bridgehead atoms. The molecule has 1 aromatic heterocycles. The summed E-state index contributed by atoms with van der Waals surface area (Å²) >= 11 is 0. The number of aromatic nitrogens is 2. The molecule has 1 saturated heterocycles. The van der Waals surface area contributed by atoms with Gasteiger partial charge in [0, 0.05) is 30.9 Å². The Bertz CT molecular complexity index is 1110. The lowest BCUT2D eigenvalue weighted by Crippen LogP contribution is -2.42. The van der Waals surface area contributed by atoms with Crippen molar-refractivity contribution in [3.63, 3.8) is 0 Å². The third-order valence-electron chi connectivity index (χ3n) is 5.63. The van der Waals surface area contributed by atoms with Crippen LogP contribution in [0.15, 0.2) is 54.9 Å². The molecule has 7 heteroatoms. The largest absolute Gasteiger partial charge is 0.368 e. The summed E-state index contributed by atoms with van der Waals surface area (Å²) in [6.07, 6.45) is 4.51. The van der Waals surface area contributed by atoms with Crippen LogP contribution in [-0.4, -0.2) is 40.5 Å². The van der Waals surface area contributed by atoms with E-state index in [1.54, 1.807) is 42.4 Å². The number of nitrogens with zero attached hydrogens (tertiary/aromatic N) is 3. The fourth-order valence-electron chi connectivity index (χ4n) is 3.95. The summed E-state index contributed by atoms with van der Waals surface area (Å²) in [6, 6.07) is 11.3. The first-order chi connectivity index (χ1) is 15.5. The maximum Gasteiger partial charge on any atom is 0.222 e. The minimum absolute atomic E-state index is 0.0494. The van der Waals surface area contributed by atoms with Gasteiger partial charge in [-0.2, -0.15) is 0 Å². The Morgan fingerprint density at radius 3 is 2.81 bits per heavy atom. The van der Waals surface area contributed by atoms with Crippen LogP contribution in [-0.2, 0) is 16.0 Å². The number of benzene rings is 2. The van der Waals surface area contributed by atoms with Gasteiger partial charge in [-0.05, 0) is 49.1 Å². The van der Waals surface area contributed by atoms with E-state index in [0.717, 1.165) is 5.56 Å². The van der Waals surface area contributed by atoms with Crippen LogP contribution in [0.2, 0.25) is 0 Å². The van der Waals surface area contributed by atoms with Crippen molar-refractivity contribution in [1.82, 2.24) is 14.9 Å². The molecule has 0 spiro atoms. The number of carbonyl (C=O) groups is 1. The molecule has 1 aliphatic rings. The molecule has 32 heavy (non-hydrogen) atoms. The number of ether oxygens (including phenoxy) is 1. The molecule has 1 aliphatic heterocycles. The van der Waals surface area contributed by atoms with Gasteiger partial charge in [0.15, 0.2) is 0 Å². The molecule has 4 rings (SSSR count). The van der Waals surface area contributed by atoms with Gasteiger partial charge in [-0.1, -0.05) is 24.3 Å². The van der Waals surface area contributed by atoms with Crippen molar-refractivity contribution < 1.29 is 18.3 Å². The quantitative estimate of drug-likeness (QED) is 0.563. The van der Waals surface area contributed by atoms with Gasteiger partial charge in [-0.25, -0.2) is 8.78 Å². The van der Waals surface area contributed by atoms with Crippen molar-refractivity contribution in [2.24, 2.45) is 0 Å². The van der Waals surface area contributed by atoms with Crippen molar-refractivity contribution in [2.45, 2.75) is 32.3 Å². The molecule has 1 fully saturated rings. The van der Waals surface area contributed by atoms with Crippen LogP contribution >= 0.6 is 0 Å². The van der Waals surface area contributed by atoms with Crippen LogP contribution in [0, 0.1) is 18.6 Å². The lowest BCUT2D eigenvalue weighted by Gasteiger charge is -2.33. The van der Waals surface area contributed by atoms with Crippen molar-refractivity contribution in [3.05, 3.63) is 83.3 Å². The number of morpholine rings is 1. The molecular formula is C25H25F2N3O2. The Kier molecular flexibility index (Phi) is 6.85. The number of amides is 1. The van der Waals surface area contributed by atoms with Crippen molar-refractivity contribution in [2.75, 3.05) is 19.7 Å². The third-order valence-corrected chi connectivity index (χ3v) is 5.63. The molecule has 0 N–H and O–H groups in total. The van der Waals surface area contributed by atoms with Crippen LogP contribution in [0.1, 0.15) is 35.8 Å². The van der Waals surface area contributed by atoms with Crippen LogP contribution in [0.25, 0.3) is 11.3 Å². The summed E-state index contributed by atoms with van der Waals surface area (Å²) in [5, 5.41) is 0. The lowest BCUT2D eigenvalue weighted by atomic mass is 10.0. The zero-order valence-corrected chi connectivity index (χ0v) is 17.9. The van der Waals surface area contributed by atoms with Gasteiger partial charge < -0.3 is 9.64 Å². The molecular weight excluding hydrogens is 412 g/mol. The first kappa shape index (κ1) is 22.0. The average molecular weight is 437 g/mol. The highest BCUT2D eigenvalue weighted by molar-refractivity contribution is 5.76. The smallest absolute Gasteiger partial charge is 0.222 e. The van der Waals surface area contributed by atoms with Crippen LogP contribution < -0.4 is 0 Å². The molecule has 5 nitrogen and oxygen atoms in total. The normalized spacial score (nSPS) is 16.2. The van der Waals surface area contributed by atoms with E-state index in [0.29, 0.717) is 61.5 Å². The average Bonchev–Trinajstić information content (AvgIpc) is 2.81. The Balaban J connectivity index is 1.40. The first-order valence-electron chi connectivity index (χ1n) is 10.7. The number of rotatable bonds is 6. The zero-order valence-electron chi connectivity index (χ0n) is 17.9. The summed E-state index contributed by atoms with van der Waals surface area (Å²) < 4.78 is 33.1. The maximum atomic E-state index is 13.7. The number of halogens is 2. The number of aryl methyl sites for hydroxylation is 2. The highest BCUT2D eigenvalue weighted by atomic mass is 19.1. The molecule has 1 amide bonds. The molecule has 3 aromatic rings. The van der Waals surface area contributed by atoms with Gasteiger partial charge in [0.05, 0.1) is 24.5 Å². The first-order valence-corrected chi connectivity index (χ1v) is 10.7. The highest BCUT2D eigenvalue weighted by Crippen LogP contribution is 2.29. The fraction of sp³-hybridized carbons (Fsp3) is 0.320. The van der Waals surface area contributed by atoms with Crippen LogP contribution in [0.5, 0.6) is 0 Å². The predicted octanol–water partition coefficient (Wildman–Crippen LogP) is 4.65. The topological polar surface area (TPSA) is 55.3 Å². The molecule has 0 aliphatic carbocycles. The fourth-order valence-corrected chi connectivity index (χ4v) is 3.95. The van der Waals surface area contributed by atoms with E-state index in [1.165, 1.54) is 18.2 Å². The van der Waals surface area contributed by atoms with E-state index in [4.69, 9.17) is 4.74 Å². The Labute approximate surface area is 186 Å². The van der Waals surface area contributed by atoms with Gasteiger partial charge in [-0.3, -0.25) is 14.8 Å². The molecule has 2 aromatic carbocycles. The summed E-state index contributed by atoms with van der Waals surface area (Å²) in [5.41, 5.74) is 3.41. The van der Waals surface area contributed by atoms with E-state index < -0.39 is 6.10 Å². The van der Waals surface area contributed by atoms with Gasteiger partial charge in [-0.15, -0.1) is 0 Å². The molecule has 0 unspecified atom stereocenters. The van der Waals surface area contributed by atoms with Gasteiger partial charge in [0.1, 0.15) is 17.7 Å². The van der Waals surface area contributed by atoms with Crippen LogP contribution in [0.4, 0.5) is 8.78 Å². The molecule has 0 radical (unpaired) electrons. The predicted molar refractivity (Wildman–Crippen MR) is 117 cm³/mol. The summed E-state index contributed by atoms with van der Waals surface area (Å²) in [4.78, 5) is 23.4. The summed E-state index contributed by atoms with van der Waals surface area (Å²) in [5.74, 6) is -0.518. The summed E-state index contributed by atoms with van der Waals surface area (Å²) in [6.45, 7) is 3.02. The minimum Gasteiger partial charge on any atom is -0.368 e. The van der Waals surface area contributed by atoms with Crippen molar-refractivity contribution >= 4 is 5.91 Å². The van der Waals surface area contributed by atoms with Crippen LogP contribution in [0.3, 0.4) is 0 Å². The molecule has 0 saturated carbocycles. The highest BCUT2D eigenvalue weighted by Gasteiger charge is 2.28. The van der Waals surface area contributed by atoms with E-state index >= 15 is 0 Å². The van der Waals surface area contributed by atoms with Gasteiger partial charge >= 0.3 is 0 Å². The molecule has 2 heterocycles. The zero-order chi connectivity index (χ0) is 22.5. The third kappa shape index (κ3) is 5.16. The SMILES string of the molecule is Cc1cc(CCCC(=O)N2CCO[C@H](c3nccnc3-c3cccc(F)c3)C2)ccc1F. The van der Waals surface area contributed by atoms with Crippen molar-refractivity contribution in [1.29, 1.82) is 0 Å². The van der Waals surface area contributed by atoms with E-state index in [1.807, 2.05) is 6.07 Å². The maximum absolute atomic E-state index is 13.7. The standard InChI is InChI=1S/C25H25F2N3O2/c1-17-14-18(8-9-21(17)27)4-2-7-23(31)30-12-13-32-22(16-30)25-24(28-10-11-29-25)19-5-3-6-20(26)15-19/h3,5-6,8-11,14-15,22H,2,4,7,12-13,16H2,1H3/t22-/m0/s1. The molecule has 1 atom stereocenters. The number of carbonyl (C=O) groups excluding carboxylic acids is 1. The van der Waals surface area contributed by atoms with Crippen molar-refractivity contribution in [3.8, 4) is 11.3 Å². The van der Waals surface area contributed by atoms with Gasteiger partial charge in [0.2, 0.25) is 5.91 Å². The summed E-state index contributed by atoms with van der Waals surface area (Å²) in [7, 11) is 0. The minimum atomic E-state index is -0.431. The molecule has 166 valence electrons. The van der Waals surface area contributed by atoms with Gasteiger partial charge in [0.25, 0.3) is 0 Å². The van der Waals surface area contributed by atoms with E-state index in [2.05, 4.69) is 9.97 Å². The number of hydrogen-bond acceptors (Lipinski definition) is 4. The second kappa shape index (κ2) is 9.96. The second-order valence-electron chi connectivity index (χ2n) is 7.94. The second-order valence-corrected chi connectivity index (χ2v) is 7.94. The Morgan fingerprint density at radius 2 is 2.00 bits per heavy atom. The Morgan fingerprint density at radius 1 is 1.16 bits per heavy atom. The lowest BCUT2D eigenvalue weighted by molar-refractivity contribution is -0.139.